The Labute approximate surface area is 306 Å². The third kappa shape index (κ3) is 10.2. The highest BCUT2D eigenvalue weighted by atomic mass is 35.8. The number of Topliss-reactive ketones (excluding diaryl/α,β-unsaturated/α-hetero) is 1. The first-order valence-corrected chi connectivity index (χ1v) is 21.6. The fraction of sp³-hybridized carbons (Fsp3) is 0.297. The highest BCUT2D eigenvalue weighted by Gasteiger charge is 2.36. The van der Waals surface area contributed by atoms with Crippen molar-refractivity contribution in [1.82, 2.24) is 0 Å². The highest BCUT2D eigenvalue weighted by Crippen LogP contribution is 2.49. The summed E-state index contributed by atoms with van der Waals surface area (Å²) >= 11 is 12.6. The van der Waals surface area contributed by atoms with Crippen LogP contribution in [-0.4, -0.2) is 27.7 Å². The molecule has 0 aliphatic heterocycles. The first-order valence-electron chi connectivity index (χ1n) is 14.9. The number of carbonyl (C=O) groups excluding carboxylic acids is 2. The van der Waals surface area contributed by atoms with Crippen molar-refractivity contribution in [3.8, 4) is 22.3 Å². The molecule has 0 bridgehead atoms. The van der Waals surface area contributed by atoms with E-state index < -0.39 is 11.4 Å². The van der Waals surface area contributed by atoms with E-state index in [4.69, 9.17) is 65.0 Å². The number of alkyl halides is 2. The van der Waals surface area contributed by atoms with Gasteiger partial charge in [-0.3, -0.25) is 9.59 Å². The smallest absolute Gasteiger partial charge is 0.294 e. The molecule has 0 N–H and O–H groups in total. The third-order valence-corrected chi connectivity index (χ3v) is 8.26. The van der Waals surface area contributed by atoms with Gasteiger partial charge in [-0.15, -0.1) is 23.2 Å². The maximum atomic E-state index is 11.9. The maximum Gasteiger partial charge on any atom is 0.643 e. The average Bonchev–Trinajstić information content (AvgIpc) is 3.41. The summed E-state index contributed by atoms with van der Waals surface area (Å²) in [4.78, 5) is 21.5. The quantitative estimate of drug-likeness (QED) is 0.0903. The van der Waals surface area contributed by atoms with Gasteiger partial charge >= 0.3 is 11.4 Å². The van der Waals surface area contributed by atoms with E-state index in [0.29, 0.717) is 12.8 Å². The fourth-order valence-corrected chi connectivity index (χ4v) is 5.75. The van der Waals surface area contributed by atoms with Crippen LogP contribution in [0.2, 0.25) is 0 Å². The van der Waals surface area contributed by atoms with E-state index in [-0.39, 0.29) is 27.2 Å². The molecule has 2 nitrogen and oxygen atoms in total. The predicted molar refractivity (Wildman–Crippen MR) is 204 cm³/mol. The minimum Gasteiger partial charge on any atom is -0.294 e. The maximum absolute atomic E-state index is 11.9. The zero-order valence-electron chi connectivity index (χ0n) is 26.9. The van der Waals surface area contributed by atoms with Crippen LogP contribution in [0.5, 0.6) is 0 Å². The Morgan fingerprint density at radius 1 is 0.587 bits per heavy atom. The molecule has 0 fully saturated rings. The van der Waals surface area contributed by atoms with E-state index in [1.807, 2.05) is 13.0 Å². The van der Waals surface area contributed by atoms with Crippen molar-refractivity contribution in [1.29, 1.82) is 0 Å². The van der Waals surface area contributed by atoms with Gasteiger partial charge in [0.1, 0.15) is 0 Å². The number of benzene rings is 4. The second-order valence-electron chi connectivity index (χ2n) is 11.5. The molecular formula is C37H39AlCl6O2. The number of carbonyl (C=O) groups is 2. The Hall–Kier alpha value is -1.51. The van der Waals surface area contributed by atoms with Gasteiger partial charge in [0.2, 0.25) is 5.24 Å². The topological polar surface area (TPSA) is 34.1 Å². The van der Waals surface area contributed by atoms with Crippen molar-refractivity contribution in [3.05, 3.63) is 119 Å². The van der Waals surface area contributed by atoms with E-state index >= 15 is 0 Å². The van der Waals surface area contributed by atoms with Crippen LogP contribution >= 0.6 is 65.0 Å². The SMILES string of the molecule is CC1(C)c2ccccc2-c2ccccc21.CCC(=O)Cl.CCC(=O)c1ccc2c(c1)C(C)(C)c1ccccc1-2.ClCCl.[Cl][Al]([Cl])[Cl]. The van der Waals surface area contributed by atoms with E-state index in [2.05, 4.69) is 113 Å². The average molecular weight is 755 g/mol. The molecule has 9 heteroatoms. The number of hydrogen-bond donors (Lipinski definition) is 0. The van der Waals surface area contributed by atoms with E-state index in [9.17, 15) is 9.59 Å². The van der Waals surface area contributed by atoms with Crippen molar-refractivity contribution < 1.29 is 9.59 Å². The Bertz CT molecular complexity index is 1570. The largest absolute Gasteiger partial charge is 0.643 e. The van der Waals surface area contributed by atoms with Gasteiger partial charge in [-0.1, -0.05) is 126 Å². The lowest BCUT2D eigenvalue weighted by molar-refractivity contribution is -0.111. The normalized spacial score (nSPS) is 13.1. The van der Waals surface area contributed by atoms with Gasteiger partial charge in [0.15, 0.2) is 5.78 Å². The lowest BCUT2D eigenvalue weighted by atomic mass is 9.82. The molecule has 0 saturated heterocycles. The molecule has 46 heavy (non-hydrogen) atoms. The first-order chi connectivity index (χ1) is 21.7. The van der Waals surface area contributed by atoms with Gasteiger partial charge in [-0.25, -0.2) is 30.1 Å². The number of fused-ring (bicyclic) bond motifs is 6. The van der Waals surface area contributed by atoms with Gasteiger partial charge in [0.05, 0.1) is 5.34 Å². The summed E-state index contributed by atoms with van der Waals surface area (Å²) in [6.45, 7) is 12.7. The minimum absolute atomic E-state index is 0.0179. The van der Waals surface area contributed by atoms with E-state index in [1.54, 1.807) is 6.92 Å². The molecular weight excluding hydrogens is 716 g/mol. The van der Waals surface area contributed by atoms with Crippen LogP contribution in [0.4, 0.5) is 0 Å². The first kappa shape index (κ1) is 40.7. The zero-order chi connectivity index (χ0) is 34.7. The summed E-state index contributed by atoms with van der Waals surface area (Å²) in [5.74, 6) is 0.217. The van der Waals surface area contributed by atoms with Gasteiger partial charge in [0.25, 0.3) is 0 Å². The highest BCUT2D eigenvalue weighted by molar-refractivity contribution is 7.54. The Balaban J connectivity index is 0.000000242. The molecule has 0 heterocycles. The summed E-state index contributed by atoms with van der Waals surface area (Å²) in [7, 11) is 14.8. The zero-order valence-corrected chi connectivity index (χ0v) is 32.6. The third-order valence-electron chi connectivity index (χ3n) is 8.00. The van der Waals surface area contributed by atoms with Crippen molar-refractivity contribution >= 4 is 87.4 Å². The van der Waals surface area contributed by atoms with Crippen molar-refractivity contribution in [2.45, 2.75) is 65.2 Å². The molecule has 0 unspecified atom stereocenters. The van der Waals surface area contributed by atoms with Gasteiger partial charge in [0, 0.05) is 29.2 Å². The van der Waals surface area contributed by atoms with Crippen LogP contribution in [0.3, 0.4) is 0 Å². The summed E-state index contributed by atoms with van der Waals surface area (Å²) < 4.78 is 0. The fourth-order valence-electron chi connectivity index (χ4n) is 5.75. The number of halogens is 6. The molecule has 0 saturated carbocycles. The predicted octanol–water partition coefficient (Wildman–Crippen LogP) is 12.8. The summed E-state index contributed by atoms with van der Waals surface area (Å²) in [6.07, 6.45) is 0.994. The van der Waals surface area contributed by atoms with Crippen molar-refractivity contribution in [3.63, 3.8) is 0 Å². The molecule has 244 valence electrons. The van der Waals surface area contributed by atoms with Gasteiger partial charge in [-0.2, -0.15) is 0 Å². The standard InChI is InChI=1S/C18H18O.C15H14.C3H5ClO.CH2Cl2.Al.3ClH/c1-4-17(19)12-9-10-14-13-7-5-6-8-15(13)18(2,3)16(14)11-12;1-15(2)13-9-5-3-7-11(13)12-8-4-6-10-14(12)15;1-2-3(4)5;2-1-3;;;;/h5-11H,4H2,1-3H3;3-10H,1-2H3;2H2,1H3;1H2;;3*1H/q;;;;+3;;;/p-3. The van der Waals surface area contributed by atoms with E-state index in [0.717, 1.165) is 5.56 Å². The second kappa shape index (κ2) is 18.9. The molecule has 2 aliphatic rings. The van der Waals surface area contributed by atoms with Crippen molar-refractivity contribution in [2.75, 3.05) is 5.34 Å². The number of ketones is 1. The van der Waals surface area contributed by atoms with Crippen LogP contribution < -0.4 is 0 Å². The molecule has 0 atom stereocenters. The summed E-state index contributed by atoms with van der Waals surface area (Å²) in [6, 6.07) is 32.1. The lowest BCUT2D eigenvalue weighted by Gasteiger charge is -2.21. The monoisotopic (exact) mass is 752 g/mol. The second-order valence-corrected chi connectivity index (χ2v) is 19.1. The van der Waals surface area contributed by atoms with E-state index in [1.165, 1.54) is 44.5 Å². The molecule has 0 spiro atoms. The molecule has 4 aromatic rings. The Morgan fingerprint density at radius 2 is 0.891 bits per heavy atom. The molecule has 2 aliphatic carbocycles. The number of hydrogen-bond acceptors (Lipinski definition) is 2. The van der Waals surface area contributed by atoms with Crippen LogP contribution in [0, 0.1) is 0 Å². The molecule has 0 aromatic heterocycles. The van der Waals surface area contributed by atoms with Crippen LogP contribution in [0.1, 0.15) is 87.0 Å². The van der Waals surface area contributed by atoms with Gasteiger partial charge < -0.3 is 0 Å². The van der Waals surface area contributed by atoms with Crippen molar-refractivity contribution in [2.24, 2.45) is 0 Å². The molecule has 6 rings (SSSR count). The molecule has 0 amide bonds. The summed E-state index contributed by atoms with van der Waals surface area (Å²) in [5, 5.41) is -0.0787. The number of rotatable bonds is 3. The van der Waals surface area contributed by atoms with Gasteiger partial charge in [-0.05, 0) is 62.2 Å². The van der Waals surface area contributed by atoms with Crippen LogP contribution in [0.15, 0.2) is 91.0 Å². The van der Waals surface area contributed by atoms with Crippen LogP contribution in [-0.2, 0) is 15.6 Å². The summed E-state index contributed by atoms with van der Waals surface area (Å²) in [5.41, 5.74) is 11.9. The molecule has 0 radical (unpaired) electrons. The van der Waals surface area contributed by atoms with Crippen LogP contribution in [0.25, 0.3) is 22.3 Å². The minimum atomic E-state index is -1.72. The Kier molecular flexibility index (Phi) is 16.7. The molecule has 4 aromatic carbocycles. The Morgan fingerprint density at radius 3 is 1.22 bits per heavy atom. The lowest BCUT2D eigenvalue weighted by Crippen LogP contribution is -2.15.